The fourth-order valence-electron chi connectivity index (χ4n) is 0.536. The maximum atomic E-state index is 11.0. The number of hydrogen-bond acceptors (Lipinski definition) is 1. The summed E-state index contributed by atoms with van der Waals surface area (Å²) in [5.74, 6) is 0. The summed E-state index contributed by atoms with van der Waals surface area (Å²) in [7, 11) is -0.770. The Morgan fingerprint density at radius 3 is 1.80 bits per heavy atom. The summed E-state index contributed by atoms with van der Waals surface area (Å²) in [6.45, 7) is 4.18. The van der Waals surface area contributed by atoms with E-state index < -0.39 is 9.98 Å². The van der Waals surface area contributed by atoms with Crippen molar-refractivity contribution in [1.29, 1.82) is 0 Å². The SMILES string of the molecule is CCCC=S(=O)=CCCC. The van der Waals surface area contributed by atoms with Crippen LogP contribution < -0.4 is 0 Å². The molecule has 60 valence electrons. The van der Waals surface area contributed by atoms with E-state index in [1.165, 1.54) is 0 Å². The molecule has 0 fully saturated rings. The Balaban J connectivity index is 3.79. The van der Waals surface area contributed by atoms with Crippen LogP contribution >= 0.6 is 0 Å². The monoisotopic (exact) mass is 160 g/mol. The molecular formula is C8H16OS. The number of rotatable bonds is 4. The second kappa shape index (κ2) is 6.87. The van der Waals surface area contributed by atoms with Crippen molar-refractivity contribution < 1.29 is 4.21 Å². The molecule has 0 spiro atoms. The van der Waals surface area contributed by atoms with Crippen molar-refractivity contribution in [2.75, 3.05) is 0 Å². The molecule has 0 bridgehead atoms. The highest BCUT2D eigenvalue weighted by Gasteiger charge is 1.74. The van der Waals surface area contributed by atoms with Crippen LogP contribution in [0.4, 0.5) is 0 Å². The Kier molecular flexibility index (Phi) is 6.71. The molecule has 0 amide bonds. The van der Waals surface area contributed by atoms with Crippen LogP contribution in [0, 0.1) is 0 Å². The van der Waals surface area contributed by atoms with Crippen LogP contribution in [0.5, 0.6) is 0 Å². The molecule has 0 aliphatic carbocycles. The first-order chi connectivity index (χ1) is 4.81. The smallest absolute Gasteiger partial charge is 0.00147 e. The maximum Gasteiger partial charge on any atom is -0.00147 e. The Morgan fingerprint density at radius 1 is 1.10 bits per heavy atom. The van der Waals surface area contributed by atoms with E-state index in [0.717, 1.165) is 25.7 Å². The predicted octanol–water partition coefficient (Wildman–Crippen LogP) is 1.94. The van der Waals surface area contributed by atoms with E-state index in [1.54, 1.807) is 0 Å². The molecule has 0 aliphatic rings. The van der Waals surface area contributed by atoms with Crippen LogP contribution in [-0.2, 0) is 9.98 Å². The van der Waals surface area contributed by atoms with E-state index in [1.807, 2.05) is 10.7 Å². The summed E-state index contributed by atoms with van der Waals surface area (Å²) < 4.78 is 11.0. The van der Waals surface area contributed by atoms with E-state index in [-0.39, 0.29) is 0 Å². The third-order valence-electron chi connectivity index (χ3n) is 1.14. The molecule has 0 saturated heterocycles. The van der Waals surface area contributed by atoms with Crippen molar-refractivity contribution in [2.24, 2.45) is 0 Å². The van der Waals surface area contributed by atoms with Crippen molar-refractivity contribution in [2.45, 2.75) is 39.5 Å². The van der Waals surface area contributed by atoms with Gasteiger partial charge < -0.3 is 0 Å². The average Bonchev–Trinajstić information content (AvgIpc) is 1.97. The Hall–Kier alpha value is -0.240. The van der Waals surface area contributed by atoms with Gasteiger partial charge in [-0.15, -0.1) is 0 Å². The van der Waals surface area contributed by atoms with Crippen LogP contribution in [0.15, 0.2) is 0 Å². The van der Waals surface area contributed by atoms with Crippen LogP contribution in [0.1, 0.15) is 39.5 Å². The number of unbranched alkanes of at least 4 members (excludes halogenated alkanes) is 2. The zero-order valence-corrected chi connectivity index (χ0v) is 7.62. The van der Waals surface area contributed by atoms with Gasteiger partial charge in [0.15, 0.2) is 0 Å². The van der Waals surface area contributed by atoms with Gasteiger partial charge in [-0.3, -0.25) is 0 Å². The standard InChI is InChI=1S/C8H16OS/c1-3-5-7-10(9)8-6-4-2/h7-8H,3-6H2,1-2H3. The van der Waals surface area contributed by atoms with Crippen LogP contribution in [0.25, 0.3) is 0 Å². The van der Waals surface area contributed by atoms with Crippen molar-refractivity contribution in [3.8, 4) is 0 Å². The third kappa shape index (κ3) is 5.89. The van der Waals surface area contributed by atoms with E-state index in [9.17, 15) is 4.21 Å². The zero-order chi connectivity index (χ0) is 7.82. The van der Waals surface area contributed by atoms with Gasteiger partial charge in [0.1, 0.15) is 0 Å². The maximum absolute atomic E-state index is 11.0. The molecule has 0 aromatic rings. The van der Waals surface area contributed by atoms with Crippen molar-refractivity contribution in [1.82, 2.24) is 0 Å². The third-order valence-corrected chi connectivity index (χ3v) is 2.27. The molecule has 10 heavy (non-hydrogen) atoms. The quantitative estimate of drug-likeness (QED) is 0.574. The summed E-state index contributed by atoms with van der Waals surface area (Å²) in [6.07, 6.45) is 4.11. The van der Waals surface area contributed by atoms with Gasteiger partial charge in [0, 0.05) is 0 Å². The second-order valence-corrected chi connectivity index (χ2v) is 3.56. The second-order valence-electron chi connectivity index (χ2n) is 2.24. The molecular weight excluding hydrogens is 144 g/mol. The van der Waals surface area contributed by atoms with Crippen molar-refractivity contribution in [3.63, 3.8) is 0 Å². The number of hydrogen-bond donors (Lipinski definition) is 0. The van der Waals surface area contributed by atoms with Gasteiger partial charge in [-0.2, -0.15) is 0 Å². The van der Waals surface area contributed by atoms with Crippen molar-refractivity contribution in [3.05, 3.63) is 0 Å². The van der Waals surface area contributed by atoms with Gasteiger partial charge >= 0.3 is 0 Å². The minimum atomic E-state index is -0.770. The van der Waals surface area contributed by atoms with Crippen LogP contribution in [-0.4, -0.2) is 14.9 Å². The summed E-state index contributed by atoms with van der Waals surface area (Å²) in [4.78, 5) is 0. The normalized spacial score (nSPS) is 9.00. The van der Waals surface area contributed by atoms with Gasteiger partial charge in [0.25, 0.3) is 0 Å². The molecule has 0 radical (unpaired) electrons. The molecule has 0 unspecified atom stereocenters. The lowest BCUT2D eigenvalue weighted by molar-refractivity contribution is 0.699. The highest BCUT2D eigenvalue weighted by molar-refractivity contribution is 7.82. The lowest BCUT2D eigenvalue weighted by Gasteiger charge is -1.79. The van der Waals surface area contributed by atoms with Gasteiger partial charge in [0.05, 0.1) is 0 Å². The fraction of sp³-hybridized carbons (Fsp3) is 0.750. The summed E-state index contributed by atoms with van der Waals surface area (Å²) in [5.41, 5.74) is 0. The van der Waals surface area contributed by atoms with E-state index >= 15 is 0 Å². The first-order valence-corrected chi connectivity index (χ1v) is 5.14. The molecule has 2 heteroatoms. The molecule has 0 aromatic carbocycles. The first-order valence-electron chi connectivity index (χ1n) is 3.87. The summed E-state index contributed by atoms with van der Waals surface area (Å²) >= 11 is 0. The lowest BCUT2D eigenvalue weighted by Crippen LogP contribution is -1.79. The Labute approximate surface area is 65.1 Å². The van der Waals surface area contributed by atoms with Gasteiger partial charge in [-0.05, 0) is 33.6 Å². The molecule has 0 atom stereocenters. The highest BCUT2D eigenvalue weighted by Crippen LogP contribution is 1.80. The molecule has 0 saturated carbocycles. The predicted molar refractivity (Wildman–Crippen MR) is 50.1 cm³/mol. The largest absolute Gasteiger partial charge is 0.226 e. The van der Waals surface area contributed by atoms with Gasteiger partial charge in [0.2, 0.25) is 0 Å². The zero-order valence-electron chi connectivity index (χ0n) is 6.80. The van der Waals surface area contributed by atoms with E-state index in [0.29, 0.717) is 0 Å². The molecule has 0 N–H and O–H groups in total. The highest BCUT2D eigenvalue weighted by atomic mass is 32.1. The van der Waals surface area contributed by atoms with Gasteiger partial charge in [-0.25, -0.2) is 4.21 Å². The van der Waals surface area contributed by atoms with E-state index in [4.69, 9.17) is 0 Å². The van der Waals surface area contributed by atoms with Crippen LogP contribution in [0.2, 0.25) is 0 Å². The topological polar surface area (TPSA) is 17.1 Å². The van der Waals surface area contributed by atoms with Crippen molar-refractivity contribution >= 4 is 20.7 Å². The molecule has 0 heterocycles. The minimum Gasteiger partial charge on any atom is -0.226 e. The molecule has 0 aliphatic heterocycles. The minimum absolute atomic E-state index is 0.770. The average molecular weight is 160 g/mol. The fourth-order valence-corrected chi connectivity index (χ4v) is 1.61. The Morgan fingerprint density at radius 2 is 1.50 bits per heavy atom. The molecule has 0 rings (SSSR count). The molecule has 0 aromatic heterocycles. The van der Waals surface area contributed by atoms with Gasteiger partial charge in [-0.1, -0.05) is 26.7 Å². The first kappa shape index (κ1) is 9.76. The van der Waals surface area contributed by atoms with E-state index in [2.05, 4.69) is 13.8 Å². The summed E-state index contributed by atoms with van der Waals surface area (Å²) in [6, 6.07) is 0. The Bertz CT molecular complexity index is 171. The molecule has 1 nitrogen and oxygen atoms in total. The summed E-state index contributed by atoms with van der Waals surface area (Å²) in [5, 5.41) is 3.74. The van der Waals surface area contributed by atoms with Crippen LogP contribution in [0.3, 0.4) is 0 Å². The lowest BCUT2D eigenvalue weighted by atomic mass is 10.4.